The van der Waals surface area contributed by atoms with Gasteiger partial charge >= 0.3 is 5.97 Å². The van der Waals surface area contributed by atoms with E-state index < -0.39 is 11.8 Å². The van der Waals surface area contributed by atoms with Crippen LogP contribution in [0, 0.1) is 12.7 Å². The quantitative estimate of drug-likeness (QED) is 0.419. The summed E-state index contributed by atoms with van der Waals surface area (Å²) in [6, 6.07) is 13.2. The number of carboxylic acids is 1. The van der Waals surface area contributed by atoms with Gasteiger partial charge in [-0.2, -0.15) is 9.61 Å². The van der Waals surface area contributed by atoms with Gasteiger partial charge in [0.15, 0.2) is 5.65 Å². The van der Waals surface area contributed by atoms with Crippen LogP contribution in [0.2, 0.25) is 0 Å². The van der Waals surface area contributed by atoms with E-state index in [4.69, 9.17) is 0 Å². The fourth-order valence-electron chi connectivity index (χ4n) is 5.38. The average Bonchev–Trinajstić information content (AvgIpc) is 3.50. The zero-order valence-electron chi connectivity index (χ0n) is 20.1. The summed E-state index contributed by atoms with van der Waals surface area (Å²) in [4.78, 5) is 31.5. The summed E-state index contributed by atoms with van der Waals surface area (Å²) in [7, 11) is 0. The molecule has 9 heteroatoms. The third kappa shape index (κ3) is 3.66. The van der Waals surface area contributed by atoms with E-state index in [-0.39, 0.29) is 39.6 Å². The third-order valence-corrected chi connectivity index (χ3v) is 7.45. The molecule has 1 saturated heterocycles. The third-order valence-electron chi connectivity index (χ3n) is 7.45. The Morgan fingerprint density at radius 3 is 2.62 bits per heavy atom. The number of carbonyl (C=O) groups is 2. The predicted molar refractivity (Wildman–Crippen MR) is 137 cm³/mol. The number of hydrogen-bond donors (Lipinski definition) is 2. The van der Waals surface area contributed by atoms with Crippen molar-refractivity contribution in [3.63, 3.8) is 0 Å². The number of benzene rings is 2. The maximum atomic E-state index is 14.9. The summed E-state index contributed by atoms with van der Waals surface area (Å²) < 4.78 is 16.1. The summed E-state index contributed by atoms with van der Waals surface area (Å²) in [5, 5.41) is 16.7. The first kappa shape index (κ1) is 22.9. The fraction of sp³-hybridized carbons (Fsp3) is 0.214. The van der Waals surface area contributed by atoms with Crippen LogP contribution in [0.25, 0.3) is 11.7 Å². The predicted octanol–water partition coefficient (Wildman–Crippen LogP) is 4.82. The topological polar surface area (TPSA) is 99.8 Å². The zero-order valence-corrected chi connectivity index (χ0v) is 20.1. The number of carboxylic acid groups (broad SMARTS) is 1. The first-order chi connectivity index (χ1) is 17.9. The molecule has 0 saturated carbocycles. The molecule has 2 aliphatic rings. The molecule has 6 rings (SSSR count). The Morgan fingerprint density at radius 1 is 1.05 bits per heavy atom. The molecule has 0 radical (unpaired) electrons. The van der Waals surface area contributed by atoms with Crippen molar-refractivity contribution in [3.8, 4) is 0 Å². The minimum Gasteiger partial charge on any atom is -0.477 e. The second kappa shape index (κ2) is 8.55. The number of anilines is 2. The number of allylic oxidation sites excluding steroid dienone is 1. The number of amides is 1. The highest BCUT2D eigenvalue weighted by atomic mass is 19.1. The number of hydrogen-bond acceptors (Lipinski definition) is 5. The standard InChI is InChI=1S/C28H24FN5O3/c1-17-5-4-8-22(23(17)29)32-25-19(15-30-24-20(27(36)37)16-31-34(24)25)26(35)33-13-11-28(12-14-33)10-9-18-6-2-3-7-21(18)28/h2-10,15-16,32H,11-14H2,1H3,(H,36,37). The highest BCUT2D eigenvalue weighted by Gasteiger charge is 2.39. The Balaban J connectivity index is 1.36. The summed E-state index contributed by atoms with van der Waals surface area (Å²) in [6.07, 6.45) is 8.48. The Kier molecular flexibility index (Phi) is 5.29. The number of aromatic nitrogens is 3. The number of halogens is 1. The monoisotopic (exact) mass is 497 g/mol. The van der Waals surface area contributed by atoms with E-state index in [1.54, 1.807) is 30.0 Å². The van der Waals surface area contributed by atoms with E-state index in [0.717, 1.165) is 12.8 Å². The van der Waals surface area contributed by atoms with Gasteiger partial charge in [0.05, 0.1) is 11.9 Å². The van der Waals surface area contributed by atoms with Crippen LogP contribution in [0.4, 0.5) is 15.9 Å². The van der Waals surface area contributed by atoms with Gasteiger partial charge in [-0.05, 0) is 42.5 Å². The molecule has 186 valence electrons. The van der Waals surface area contributed by atoms with Gasteiger partial charge in [-0.15, -0.1) is 0 Å². The van der Waals surface area contributed by atoms with Gasteiger partial charge in [-0.3, -0.25) is 4.79 Å². The van der Waals surface area contributed by atoms with Crippen molar-refractivity contribution in [1.29, 1.82) is 0 Å². The number of rotatable bonds is 4. The van der Waals surface area contributed by atoms with Gasteiger partial charge in [0.1, 0.15) is 22.8 Å². The second-order valence-corrected chi connectivity index (χ2v) is 9.55. The van der Waals surface area contributed by atoms with E-state index in [1.807, 2.05) is 12.1 Å². The molecule has 37 heavy (non-hydrogen) atoms. The van der Waals surface area contributed by atoms with E-state index >= 15 is 0 Å². The van der Waals surface area contributed by atoms with Crippen molar-refractivity contribution in [3.05, 3.63) is 94.6 Å². The summed E-state index contributed by atoms with van der Waals surface area (Å²) in [6.45, 7) is 2.71. The van der Waals surface area contributed by atoms with Crippen molar-refractivity contribution < 1.29 is 19.1 Å². The van der Waals surface area contributed by atoms with Gasteiger partial charge in [0, 0.05) is 24.7 Å². The lowest BCUT2D eigenvalue weighted by molar-refractivity contribution is 0.0685. The molecular formula is C28H24FN5O3. The Bertz CT molecular complexity index is 1600. The molecule has 0 atom stereocenters. The maximum absolute atomic E-state index is 14.9. The van der Waals surface area contributed by atoms with Crippen LogP contribution < -0.4 is 5.32 Å². The van der Waals surface area contributed by atoms with Crippen LogP contribution >= 0.6 is 0 Å². The van der Waals surface area contributed by atoms with Crippen molar-refractivity contribution in [1.82, 2.24) is 19.5 Å². The number of carbonyl (C=O) groups excluding carboxylic acids is 1. The number of aromatic carboxylic acids is 1. The summed E-state index contributed by atoms with van der Waals surface area (Å²) in [5.41, 5.74) is 3.15. The van der Waals surface area contributed by atoms with Crippen molar-refractivity contribution in [2.24, 2.45) is 0 Å². The highest BCUT2D eigenvalue weighted by molar-refractivity contribution is 6.01. The Morgan fingerprint density at radius 2 is 1.84 bits per heavy atom. The van der Waals surface area contributed by atoms with E-state index in [2.05, 4.69) is 39.7 Å². The molecule has 8 nitrogen and oxygen atoms in total. The number of aryl methyl sites for hydroxylation is 1. The molecule has 1 spiro atoms. The first-order valence-electron chi connectivity index (χ1n) is 12.1. The van der Waals surface area contributed by atoms with Gasteiger partial charge < -0.3 is 15.3 Å². The zero-order chi connectivity index (χ0) is 25.7. The molecule has 3 heterocycles. The minimum atomic E-state index is -1.19. The number of nitrogens with zero attached hydrogens (tertiary/aromatic N) is 4. The van der Waals surface area contributed by atoms with Crippen LogP contribution in [0.1, 0.15) is 50.2 Å². The molecule has 4 aromatic rings. The summed E-state index contributed by atoms with van der Waals surface area (Å²) in [5.74, 6) is -1.77. The smallest absolute Gasteiger partial charge is 0.341 e. The van der Waals surface area contributed by atoms with E-state index in [0.29, 0.717) is 18.7 Å². The largest absolute Gasteiger partial charge is 0.477 e. The molecule has 1 amide bonds. The molecule has 2 aromatic carbocycles. The van der Waals surface area contributed by atoms with Gasteiger partial charge in [0.2, 0.25) is 0 Å². The van der Waals surface area contributed by atoms with Gasteiger partial charge in [-0.25, -0.2) is 14.2 Å². The number of nitrogens with one attached hydrogen (secondary N) is 1. The summed E-state index contributed by atoms with van der Waals surface area (Å²) >= 11 is 0. The van der Waals surface area contributed by atoms with Crippen molar-refractivity contribution in [2.75, 3.05) is 18.4 Å². The highest BCUT2D eigenvalue weighted by Crippen LogP contribution is 2.44. The lowest BCUT2D eigenvalue weighted by Crippen LogP contribution is -2.44. The maximum Gasteiger partial charge on any atom is 0.341 e. The van der Waals surface area contributed by atoms with Crippen LogP contribution in [-0.2, 0) is 5.41 Å². The lowest BCUT2D eigenvalue weighted by Gasteiger charge is -2.39. The Hall–Kier alpha value is -4.53. The van der Waals surface area contributed by atoms with Crippen LogP contribution in [-0.4, -0.2) is 49.6 Å². The first-order valence-corrected chi connectivity index (χ1v) is 12.1. The normalized spacial score (nSPS) is 15.8. The number of piperidine rings is 1. The van der Waals surface area contributed by atoms with Crippen LogP contribution in [0.5, 0.6) is 0 Å². The average molecular weight is 498 g/mol. The van der Waals surface area contributed by atoms with E-state index in [9.17, 15) is 19.1 Å². The Labute approximate surface area is 212 Å². The lowest BCUT2D eigenvalue weighted by atomic mass is 9.74. The van der Waals surface area contributed by atoms with E-state index in [1.165, 1.54) is 28.0 Å². The molecule has 2 aromatic heterocycles. The minimum absolute atomic E-state index is 0.0601. The second-order valence-electron chi connectivity index (χ2n) is 9.55. The number of fused-ring (bicyclic) bond motifs is 3. The number of likely N-dealkylation sites (tertiary alicyclic amines) is 1. The van der Waals surface area contributed by atoms with Crippen molar-refractivity contribution in [2.45, 2.75) is 25.2 Å². The molecule has 1 aliphatic heterocycles. The van der Waals surface area contributed by atoms with Crippen LogP contribution in [0.15, 0.2) is 60.9 Å². The molecule has 1 fully saturated rings. The fourth-order valence-corrected chi connectivity index (χ4v) is 5.38. The molecule has 0 bridgehead atoms. The van der Waals surface area contributed by atoms with Gasteiger partial charge in [-0.1, -0.05) is 48.6 Å². The van der Waals surface area contributed by atoms with Crippen LogP contribution in [0.3, 0.4) is 0 Å². The molecular weight excluding hydrogens is 473 g/mol. The van der Waals surface area contributed by atoms with Crippen molar-refractivity contribution >= 4 is 35.1 Å². The van der Waals surface area contributed by atoms with Gasteiger partial charge in [0.25, 0.3) is 5.91 Å². The molecule has 2 N–H and O–H groups in total. The molecule has 0 unspecified atom stereocenters. The molecule has 1 aliphatic carbocycles. The SMILES string of the molecule is Cc1cccc(Nc2c(C(=O)N3CCC4(C=Cc5ccccc54)CC3)cnc3c(C(=O)O)cnn23)c1F.